The fraction of sp³-hybridized carbons (Fsp3) is 1.00. The van der Waals surface area contributed by atoms with E-state index in [1.807, 2.05) is 4.93 Å². The fourth-order valence-corrected chi connectivity index (χ4v) is 1.92. The third-order valence-corrected chi connectivity index (χ3v) is 3.02. The SMILES string of the molecule is CI.O=S(=O)(O)C1CCNCC1. The first-order valence-corrected chi connectivity index (χ1v) is 7.31. The number of alkyl halides is 1. The fourth-order valence-electron chi connectivity index (χ4n) is 1.09. The van der Waals surface area contributed by atoms with E-state index in [1.54, 1.807) is 0 Å². The van der Waals surface area contributed by atoms with Crippen molar-refractivity contribution in [3.05, 3.63) is 0 Å². The zero-order valence-electron chi connectivity index (χ0n) is 6.96. The van der Waals surface area contributed by atoms with Gasteiger partial charge >= 0.3 is 0 Å². The van der Waals surface area contributed by atoms with Crippen LogP contribution < -0.4 is 5.32 Å². The molecule has 1 heterocycles. The van der Waals surface area contributed by atoms with Crippen molar-refractivity contribution in [1.82, 2.24) is 5.32 Å². The maximum atomic E-state index is 10.5. The maximum absolute atomic E-state index is 10.5. The first-order valence-electron chi connectivity index (χ1n) is 3.65. The molecule has 0 bridgehead atoms. The molecule has 1 aliphatic heterocycles. The Labute approximate surface area is 87.0 Å². The van der Waals surface area contributed by atoms with Crippen molar-refractivity contribution in [3.63, 3.8) is 0 Å². The highest BCUT2D eigenvalue weighted by Gasteiger charge is 2.24. The Kier molecular flexibility index (Phi) is 6.42. The molecule has 0 aliphatic carbocycles. The molecule has 12 heavy (non-hydrogen) atoms. The zero-order chi connectivity index (χ0) is 9.61. The lowest BCUT2D eigenvalue weighted by atomic mass is 10.2. The van der Waals surface area contributed by atoms with Gasteiger partial charge in [-0.1, -0.05) is 22.6 Å². The summed E-state index contributed by atoms with van der Waals surface area (Å²) in [6, 6.07) is 0. The number of halogens is 1. The van der Waals surface area contributed by atoms with Crippen molar-refractivity contribution in [2.75, 3.05) is 18.0 Å². The first-order chi connectivity index (χ1) is 5.61. The zero-order valence-corrected chi connectivity index (χ0v) is 9.93. The van der Waals surface area contributed by atoms with Crippen LogP contribution >= 0.6 is 22.6 Å². The van der Waals surface area contributed by atoms with Gasteiger partial charge in [0.15, 0.2) is 0 Å². The van der Waals surface area contributed by atoms with Gasteiger partial charge in [-0.2, -0.15) is 8.42 Å². The second kappa shape index (κ2) is 6.11. The molecular formula is C6H14INO3S. The average Bonchev–Trinajstić information content (AvgIpc) is 2.08. The van der Waals surface area contributed by atoms with Gasteiger partial charge in [0, 0.05) is 0 Å². The van der Waals surface area contributed by atoms with Gasteiger partial charge < -0.3 is 5.32 Å². The Morgan fingerprint density at radius 3 is 2.00 bits per heavy atom. The normalized spacial score (nSPS) is 19.6. The minimum atomic E-state index is -3.77. The van der Waals surface area contributed by atoms with Gasteiger partial charge in [0.25, 0.3) is 10.1 Å². The van der Waals surface area contributed by atoms with Gasteiger partial charge in [-0.25, -0.2) is 0 Å². The number of hydrogen-bond acceptors (Lipinski definition) is 3. The Hall–Kier alpha value is 0.600. The van der Waals surface area contributed by atoms with E-state index in [9.17, 15) is 8.42 Å². The van der Waals surface area contributed by atoms with Crippen LogP contribution in [-0.4, -0.2) is 36.2 Å². The maximum Gasteiger partial charge on any atom is 0.267 e. The van der Waals surface area contributed by atoms with Gasteiger partial charge in [0.2, 0.25) is 0 Å². The van der Waals surface area contributed by atoms with Crippen LogP contribution in [-0.2, 0) is 10.1 Å². The molecule has 1 aliphatic rings. The highest BCUT2D eigenvalue weighted by Crippen LogP contribution is 2.10. The number of nitrogens with one attached hydrogen (secondary N) is 1. The third-order valence-electron chi connectivity index (χ3n) is 1.71. The first kappa shape index (κ1) is 12.6. The smallest absolute Gasteiger partial charge is 0.267 e. The number of hydrogen-bond donors (Lipinski definition) is 2. The Bertz CT molecular complexity index is 199. The molecule has 0 aromatic rings. The molecule has 1 fully saturated rings. The molecule has 0 atom stereocenters. The van der Waals surface area contributed by atoms with E-state index in [0.29, 0.717) is 25.9 Å². The second-order valence-electron chi connectivity index (χ2n) is 2.46. The lowest BCUT2D eigenvalue weighted by molar-refractivity contribution is 0.432. The summed E-state index contributed by atoms with van der Waals surface area (Å²) in [6.07, 6.45) is 1.05. The molecule has 2 N–H and O–H groups in total. The van der Waals surface area contributed by atoms with E-state index in [-0.39, 0.29) is 0 Å². The van der Waals surface area contributed by atoms with Crippen LogP contribution in [0.4, 0.5) is 0 Å². The van der Waals surface area contributed by atoms with Crippen molar-refractivity contribution < 1.29 is 13.0 Å². The van der Waals surface area contributed by atoms with Crippen LogP contribution in [0.15, 0.2) is 0 Å². The summed E-state index contributed by atoms with van der Waals surface area (Å²) in [6.45, 7) is 1.37. The molecule has 4 nitrogen and oxygen atoms in total. The summed E-state index contributed by atoms with van der Waals surface area (Å²) in [5.41, 5.74) is 0. The minimum Gasteiger partial charge on any atom is -0.317 e. The number of piperidine rings is 1. The van der Waals surface area contributed by atoms with Crippen LogP contribution in [0.1, 0.15) is 12.8 Å². The molecule has 0 aromatic heterocycles. The minimum absolute atomic E-state index is 0.527. The molecule has 0 amide bonds. The third kappa shape index (κ3) is 4.58. The molecule has 0 unspecified atom stereocenters. The lowest BCUT2D eigenvalue weighted by Gasteiger charge is -2.19. The predicted octanol–water partition coefficient (Wildman–Crippen LogP) is 0.677. The quantitative estimate of drug-likeness (QED) is 0.425. The van der Waals surface area contributed by atoms with E-state index in [2.05, 4.69) is 27.9 Å². The van der Waals surface area contributed by atoms with Crippen molar-refractivity contribution >= 4 is 32.7 Å². The van der Waals surface area contributed by atoms with Crippen LogP contribution in [0, 0.1) is 0 Å². The molecule has 6 heteroatoms. The highest BCUT2D eigenvalue weighted by atomic mass is 127. The van der Waals surface area contributed by atoms with Crippen LogP contribution in [0.2, 0.25) is 0 Å². The van der Waals surface area contributed by atoms with Crippen molar-refractivity contribution in [2.24, 2.45) is 0 Å². The molecule has 74 valence electrons. The van der Waals surface area contributed by atoms with E-state index in [0.717, 1.165) is 0 Å². The second-order valence-corrected chi connectivity index (χ2v) is 4.16. The summed E-state index contributed by atoms with van der Waals surface area (Å²) in [7, 11) is -3.77. The summed E-state index contributed by atoms with van der Waals surface area (Å²) < 4.78 is 29.6. The van der Waals surface area contributed by atoms with Crippen LogP contribution in [0.3, 0.4) is 0 Å². The van der Waals surface area contributed by atoms with Gasteiger partial charge in [0.05, 0.1) is 5.25 Å². The monoisotopic (exact) mass is 307 g/mol. The Morgan fingerprint density at radius 2 is 1.75 bits per heavy atom. The van der Waals surface area contributed by atoms with E-state index in [1.165, 1.54) is 0 Å². The van der Waals surface area contributed by atoms with E-state index in [4.69, 9.17) is 4.55 Å². The molecule has 1 rings (SSSR count). The molecule has 0 spiro atoms. The Morgan fingerprint density at radius 1 is 1.33 bits per heavy atom. The predicted molar refractivity (Wildman–Crippen MR) is 57.4 cm³/mol. The van der Waals surface area contributed by atoms with Gasteiger partial charge in [-0.05, 0) is 30.9 Å². The molecule has 1 saturated heterocycles. The topological polar surface area (TPSA) is 66.4 Å². The molecule has 0 radical (unpaired) electrons. The largest absolute Gasteiger partial charge is 0.317 e. The summed E-state index contributed by atoms with van der Waals surface area (Å²) >= 11 is 2.15. The highest BCUT2D eigenvalue weighted by molar-refractivity contribution is 14.1. The van der Waals surface area contributed by atoms with Gasteiger partial charge in [0.1, 0.15) is 0 Å². The average molecular weight is 307 g/mol. The summed E-state index contributed by atoms with van der Waals surface area (Å²) in [5.74, 6) is 0. The van der Waals surface area contributed by atoms with E-state index < -0.39 is 15.4 Å². The van der Waals surface area contributed by atoms with Crippen molar-refractivity contribution in [2.45, 2.75) is 18.1 Å². The number of rotatable bonds is 1. The summed E-state index contributed by atoms with van der Waals surface area (Å²) in [5, 5.41) is 2.48. The van der Waals surface area contributed by atoms with Crippen molar-refractivity contribution in [3.8, 4) is 0 Å². The van der Waals surface area contributed by atoms with Gasteiger partial charge in [-0.3, -0.25) is 4.55 Å². The van der Waals surface area contributed by atoms with Crippen LogP contribution in [0.5, 0.6) is 0 Å². The van der Waals surface area contributed by atoms with Gasteiger partial charge in [-0.15, -0.1) is 0 Å². The van der Waals surface area contributed by atoms with Crippen LogP contribution in [0.25, 0.3) is 0 Å². The molecule has 0 aromatic carbocycles. The summed E-state index contributed by atoms with van der Waals surface area (Å²) in [4.78, 5) is 1.97. The van der Waals surface area contributed by atoms with E-state index >= 15 is 0 Å². The standard InChI is InChI=1S/C5H11NO3S.CH3I/c7-10(8,9)5-1-3-6-4-2-5;1-2/h5-6H,1-4H2,(H,7,8,9);1H3. The lowest BCUT2D eigenvalue weighted by Crippen LogP contribution is -2.35. The molecular weight excluding hydrogens is 293 g/mol. The Balaban J connectivity index is 0.000000561. The van der Waals surface area contributed by atoms with Crippen molar-refractivity contribution in [1.29, 1.82) is 0 Å². The molecule has 0 saturated carbocycles.